The maximum Gasteiger partial charge on any atom is 0.319 e. The molecule has 0 saturated heterocycles. The molecule has 0 spiro atoms. The Hall–Kier alpha value is -2.47. The second-order valence-corrected chi connectivity index (χ2v) is 6.91. The molecule has 1 atom stereocenters. The first-order valence-electron chi connectivity index (χ1n) is 8.62. The molecule has 25 heavy (non-hydrogen) atoms. The molecular weight excluding hydrogens is 314 g/mol. The summed E-state index contributed by atoms with van der Waals surface area (Å²) < 4.78 is 0. The van der Waals surface area contributed by atoms with Crippen LogP contribution >= 0.6 is 0 Å². The number of anilines is 1. The van der Waals surface area contributed by atoms with Crippen molar-refractivity contribution in [3.05, 3.63) is 53.6 Å². The van der Waals surface area contributed by atoms with E-state index >= 15 is 0 Å². The molecular formula is C19H25N5O. The molecule has 1 saturated carbocycles. The molecule has 6 heteroatoms. The van der Waals surface area contributed by atoms with Gasteiger partial charge in [-0.1, -0.05) is 12.1 Å². The zero-order valence-electron chi connectivity index (χ0n) is 15.0. The highest BCUT2D eigenvalue weighted by molar-refractivity contribution is 5.89. The van der Waals surface area contributed by atoms with Crippen LogP contribution in [0.15, 0.2) is 36.5 Å². The Balaban J connectivity index is 1.66. The average molecular weight is 339 g/mol. The first-order chi connectivity index (χ1) is 12.0. The van der Waals surface area contributed by atoms with E-state index in [4.69, 9.17) is 0 Å². The third kappa shape index (κ3) is 5.00. The van der Waals surface area contributed by atoms with Gasteiger partial charge in [-0.25, -0.2) is 14.8 Å². The van der Waals surface area contributed by atoms with Crippen molar-refractivity contribution in [3.63, 3.8) is 0 Å². The Bertz CT molecular complexity index is 742. The number of urea groups is 1. The number of rotatable bonds is 6. The van der Waals surface area contributed by atoms with Gasteiger partial charge in [-0.2, -0.15) is 0 Å². The Morgan fingerprint density at radius 1 is 1.32 bits per heavy atom. The van der Waals surface area contributed by atoms with E-state index in [1.165, 1.54) is 0 Å². The molecule has 1 heterocycles. The number of hydrogen-bond donors (Lipinski definition) is 2. The van der Waals surface area contributed by atoms with E-state index in [0.29, 0.717) is 11.7 Å². The highest BCUT2D eigenvalue weighted by atomic mass is 16.2. The molecule has 2 aromatic rings. The van der Waals surface area contributed by atoms with Crippen LogP contribution in [0.3, 0.4) is 0 Å². The number of nitrogens with zero attached hydrogens (tertiary/aromatic N) is 3. The summed E-state index contributed by atoms with van der Waals surface area (Å²) in [7, 11) is 4.05. The number of nitrogens with one attached hydrogen (secondary N) is 2. The summed E-state index contributed by atoms with van der Waals surface area (Å²) in [5.74, 6) is 1.12. The Morgan fingerprint density at radius 3 is 2.80 bits per heavy atom. The fraction of sp³-hybridized carbons (Fsp3) is 0.421. The van der Waals surface area contributed by atoms with E-state index in [0.717, 1.165) is 36.3 Å². The highest BCUT2D eigenvalue weighted by Crippen LogP contribution is 2.39. The van der Waals surface area contributed by atoms with Crippen LogP contribution in [0.2, 0.25) is 0 Å². The first kappa shape index (κ1) is 17.4. The standard InChI is InChI=1S/C19H25N5O/c1-13-9-10-20-18(21-13)17(15-7-8-15)23-19(25)22-16-6-4-5-14(11-16)12-24(2)3/h4-6,9-11,15,17H,7-8,12H2,1-3H3,(H2,22,23,25). The number of aromatic nitrogens is 2. The van der Waals surface area contributed by atoms with Crippen molar-refractivity contribution < 1.29 is 4.79 Å². The second-order valence-electron chi connectivity index (χ2n) is 6.91. The van der Waals surface area contributed by atoms with Crippen molar-refractivity contribution in [3.8, 4) is 0 Å². The molecule has 2 amide bonds. The summed E-state index contributed by atoms with van der Waals surface area (Å²) >= 11 is 0. The normalized spacial score (nSPS) is 15.0. The van der Waals surface area contributed by atoms with Crippen LogP contribution in [-0.4, -0.2) is 35.0 Å². The lowest BCUT2D eigenvalue weighted by Gasteiger charge is -2.18. The molecule has 0 aliphatic heterocycles. The molecule has 1 aromatic heterocycles. The lowest BCUT2D eigenvalue weighted by atomic mass is 10.1. The molecule has 0 radical (unpaired) electrons. The molecule has 0 bridgehead atoms. The monoisotopic (exact) mass is 339 g/mol. The lowest BCUT2D eigenvalue weighted by Crippen LogP contribution is -2.34. The topological polar surface area (TPSA) is 70.2 Å². The molecule has 6 nitrogen and oxygen atoms in total. The van der Waals surface area contributed by atoms with Gasteiger partial charge < -0.3 is 15.5 Å². The molecule has 1 aliphatic carbocycles. The van der Waals surface area contributed by atoms with Crippen molar-refractivity contribution >= 4 is 11.7 Å². The fourth-order valence-corrected chi connectivity index (χ4v) is 2.86. The van der Waals surface area contributed by atoms with Gasteiger partial charge in [-0.05, 0) is 63.5 Å². The van der Waals surface area contributed by atoms with Crippen LogP contribution in [0.4, 0.5) is 10.5 Å². The predicted molar refractivity (Wildman–Crippen MR) is 98.2 cm³/mol. The quantitative estimate of drug-likeness (QED) is 0.848. The zero-order valence-corrected chi connectivity index (χ0v) is 15.0. The van der Waals surface area contributed by atoms with Crippen LogP contribution in [0.5, 0.6) is 0 Å². The Kier molecular flexibility index (Phi) is 5.28. The average Bonchev–Trinajstić information content (AvgIpc) is 3.37. The second kappa shape index (κ2) is 7.61. The van der Waals surface area contributed by atoms with Gasteiger partial charge in [0.2, 0.25) is 0 Å². The third-order valence-corrected chi connectivity index (χ3v) is 4.16. The van der Waals surface area contributed by atoms with Gasteiger partial charge >= 0.3 is 6.03 Å². The predicted octanol–water partition coefficient (Wildman–Crippen LogP) is 3.12. The van der Waals surface area contributed by atoms with Gasteiger partial charge in [0.15, 0.2) is 5.82 Å². The van der Waals surface area contributed by atoms with Crippen molar-refractivity contribution in [1.82, 2.24) is 20.2 Å². The van der Waals surface area contributed by atoms with Gasteiger partial charge in [0.1, 0.15) is 0 Å². The first-order valence-corrected chi connectivity index (χ1v) is 8.62. The summed E-state index contributed by atoms with van der Waals surface area (Å²) in [5, 5.41) is 5.97. The van der Waals surface area contributed by atoms with Gasteiger partial charge in [-0.15, -0.1) is 0 Å². The van der Waals surface area contributed by atoms with E-state index in [2.05, 4.69) is 31.6 Å². The summed E-state index contributed by atoms with van der Waals surface area (Å²) in [4.78, 5) is 23.4. The van der Waals surface area contributed by atoms with Crippen molar-refractivity contribution in [1.29, 1.82) is 0 Å². The van der Waals surface area contributed by atoms with Crippen LogP contribution in [0, 0.1) is 12.8 Å². The van der Waals surface area contributed by atoms with E-state index in [1.807, 2.05) is 45.3 Å². The lowest BCUT2D eigenvalue weighted by molar-refractivity contribution is 0.246. The SMILES string of the molecule is Cc1ccnc(C(NC(=O)Nc2cccc(CN(C)C)c2)C2CC2)n1. The largest absolute Gasteiger partial charge is 0.328 e. The van der Waals surface area contributed by atoms with E-state index in [9.17, 15) is 4.79 Å². The highest BCUT2D eigenvalue weighted by Gasteiger charge is 2.35. The summed E-state index contributed by atoms with van der Waals surface area (Å²) in [6.45, 7) is 2.77. The molecule has 3 rings (SSSR count). The van der Waals surface area contributed by atoms with E-state index in [-0.39, 0.29) is 12.1 Å². The maximum atomic E-state index is 12.5. The molecule has 1 aromatic carbocycles. The van der Waals surface area contributed by atoms with Crippen LogP contribution < -0.4 is 10.6 Å². The molecule has 1 fully saturated rings. The number of carbonyl (C=O) groups excluding carboxylic acids is 1. The molecule has 1 unspecified atom stereocenters. The Morgan fingerprint density at radius 2 is 2.12 bits per heavy atom. The van der Waals surface area contributed by atoms with E-state index in [1.54, 1.807) is 6.20 Å². The minimum absolute atomic E-state index is 0.134. The number of amides is 2. The van der Waals surface area contributed by atoms with Crippen molar-refractivity contribution in [2.75, 3.05) is 19.4 Å². The maximum absolute atomic E-state index is 12.5. The number of benzene rings is 1. The zero-order chi connectivity index (χ0) is 17.8. The third-order valence-electron chi connectivity index (χ3n) is 4.16. The van der Waals surface area contributed by atoms with Crippen LogP contribution in [0.1, 0.15) is 36.0 Å². The van der Waals surface area contributed by atoms with Gasteiger partial charge in [0.05, 0.1) is 6.04 Å². The minimum Gasteiger partial charge on any atom is -0.328 e. The van der Waals surface area contributed by atoms with Crippen LogP contribution in [0.25, 0.3) is 0 Å². The smallest absolute Gasteiger partial charge is 0.319 e. The minimum atomic E-state index is -0.219. The van der Waals surface area contributed by atoms with Gasteiger partial charge in [0, 0.05) is 24.1 Å². The number of carbonyl (C=O) groups is 1. The van der Waals surface area contributed by atoms with Gasteiger partial charge in [-0.3, -0.25) is 0 Å². The number of aryl methyl sites for hydroxylation is 1. The van der Waals surface area contributed by atoms with Crippen molar-refractivity contribution in [2.24, 2.45) is 5.92 Å². The van der Waals surface area contributed by atoms with Crippen molar-refractivity contribution in [2.45, 2.75) is 32.4 Å². The molecule has 1 aliphatic rings. The van der Waals surface area contributed by atoms with Crippen LogP contribution in [-0.2, 0) is 6.54 Å². The van der Waals surface area contributed by atoms with E-state index < -0.39 is 0 Å². The summed E-state index contributed by atoms with van der Waals surface area (Å²) in [6.07, 6.45) is 3.94. The summed E-state index contributed by atoms with van der Waals surface area (Å²) in [6, 6.07) is 9.41. The van der Waals surface area contributed by atoms with Gasteiger partial charge in [0.25, 0.3) is 0 Å². The molecule has 2 N–H and O–H groups in total. The fourth-order valence-electron chi connectivity index (χ4n) is 2.86. The Labute approximate surface area is 148 Å². The molecule has 132 valence electrons. The number of hydrogen-bond acceptors (Lipinski definition) is 4. The summed E-state index contributed by atoms with van der Waals surface area (Å²) in [5.41, 5.74) is 2.86.